The Morgan fingerprint density at radius 2 is 1.87 bits per heavy atom. The van der Waals surface area contributed by atoms with Crippen molar-refractivity contribution in [2.45, 2.75) is 57.5 Å². The molecule has 1 aromatic carbocycles. The fourth-order valence-electron chi connectivity index (χ4n) is 5.00. The zero-order valence-corrected chi connectivity index (χ0v) is 17.5. The summed E-state index contributed by atoms with van der Waals surface area (Å²) >= 11 is 0. The average Bonchev–Trinajstić information content (AvgIpc) is 3.49. The van der Waals surface area contributed by atoms with Crippen LogP contribution in [0.4, 0.5) is 0 Å². The first-order chi connectivity index (χ1) is 14.5. The molecule has 0 radical (unpaired) electrons. The standard InChI is InChI=1S/C23H27N5O2/c1-15-14-19(25-26(15)2)23(30)27-13-7-12-20(27)21-24-18-11-6-5-10-17(18)22(29)28(21)16-8-3-4-9-16/h5-6,10-11,14,16,20H,3-4,7-9,12-13H2,1-2H3. The zero-order valence-electron chi connectivity index (χ0n) is 17.5. The van der Waals surface area contributed by atoms with E-state index in [0.717, 1.165) is 50.0 Å². The minimum atomic E-state index is -0.197. The average molecular weight is 406 g/mol. The van der Waals surface area contributed by atoms with Crippen LogP contribution in [0.25, 0.3) is 10.9 Å². The molecule has 1 saturated carbocycles. The van der Waals surface area contributed by atoms with E-state index in [1.165, 1.54) is 0 Å². The molecule has 1 aliphatic heterocycles. The van der Waals surface area contributed by atoms with E-state index in [1.54, 1.807) is 4.68 Å². The zero-order chi connectivity index (χ0) is 20.8. The number of likely N-dealkylation sites (tertiary alicyclic amines) is 1. The first kappa shape index (κ1) is 19.0. The molecule has 0 spiro atoms. The van der Waals surface area contributed by atoms with Gasteiger partial charge >= 0.3 is 0 Å². The molecule has 7 nitrogen and oxygen atoms in total. The second-order valence-corrected chi connectivity index (χ2v) is 8.55. The molecule has 1 aliphatic carbocycles. The third-order valence-corrected chi connectivity index (χ3v) is 6.67. The minimum Gasteiger partial charge on any atom is -0.327 e. The highest BCUT2D eigenvalue weighted by Crippen LogP contribution is 2.36. The van der Waals surface area contributed by atoms with Crippen molar-refractivity contribution >= 4 is 16.8 Å². The van der Waals surface area contributed by atoms with E-state index in [0.29, 0.717) is 23.1 Å². The molecule has 7 heteroatoms. The first-order valence-electron chi connectivity index (χ1n) is 10.9. The van der Waals surface area contributed by atoms with Crippen LogP contribution in [0.2, 0.25) is 0 Å². The Labute approximate surface area is 175 Å². The number of para-hydroxylation sites is 1. The van der Waals surface area contributed by atoms with E-state index in [2.05, 4.69) is 5.10 Å². The van der Waals surface area contributed by atoms with Crippen molar-refractivity contribution in [2.75, 3.05) is 6.54 Å². The summed E-state index contributed by atoms with van der Waals surface area (Å²) in [5.41, 5.74) is 2.13. The lowest BCUT2D eigenvalue weighted by molar-refractivity contribution is 0.0718. The molecular formula is C23H27N5O2. The van der Waals surface area contributed by atoms with Crippen LogP contribution >= 0.6 is 0 Å². The van der Waals surface area contributed by atoms with Gasteiger partial charge in [-0.3, -0.25) is 18.8 Å². The van der Waals surface area contributed by atoms with Crippen molar-refractivity contribution in [1.82, 2.24) is 24.2 Å². The molecule has 1 atom stereocenters. The molecule has 1 amide bonds. The minimum absolute atomic E-state index is 0.0236. The summed E-state index contributed by atoms with van der Waals surface area (Å²) in [5, 5.41) is 5.04. The Balaban J connectivity index is 1.62. The number of hydrogen-bond donors (Lipinski definition) is 0. The lowest BCUT2D eigenvalue weighted by Gasteiger charge is -2.28. The van der Waals surface area contributed by atoms with Crippen molar-refractivity contribution in [2.24, 2.45) is 7.05 Å². The highest BCUT2D eigenvalue weighted by molar-refractivity contribution is 5.93. The van der Waals surface area contributed by atoms with Crippen molar-refractivity contribution in [1.29, 1.82) is 0 Å². The van der Waals surface area contributed by atoms with E-state index in [9.17, 15) is 9.59 Å². The van der Waals surface area contributed by atoms with Gasteiger partial charge in [0.15, 0.2) is 5.69 Å². The van der Waals surface area contributed by atoms with Crippen LogP contribution in [-0.4, -0.2) is 36.7 Å². The third kappa shape index (κ3) is 3.04. The monoisotopic (exact) mass is 405 g/mol. The number of hydrogen-bond acceptors (Lipinski definition) is 4. The molecule has 5 rings (SSSR count). The van der Waals surface area contributed by atoms with E-state index in [-0.39, 0.29) is 23.6 Å². The maximum absolute atomic E-state index is 13.5. The van der Waals surface area contributed by atoms with E-state index < -0.39 is 0 Å². The van der Waals surface area contributed by atoms with E-state index in [4.69, 9.17) is 4.98 Å². The van der Waals surface area contributed by atoms with Crippen LogP contribution in [0.3, 0.4) is 0 Å². The summed E-state index contributed by atoms with van der Waals surface area (Å²) in [6, 6.07) is 9.34. The molecule has 156 valence electrons. The molecule has 0 N–H and O–H groups in total. The summed E-state index contributed by atoms with van der Waals surface area (Å²) in [4.78, 5) is 33.6. The lowest BCUT2D eigenvalue weighted by atomic mass is 10.1. The second-order valence-electron chi connectivity index (χ2n) is 8.55. The van der Waals surface area contributed by atoms with Gasteiger partial charge in [0.05, 0.1) is 16.9 Å². The van der Waals surface area contributed by atoms with Gasteiger partial charge in [0.1, 0.15) is 5.82 Å². The van der Waals surface area contributed by atoms with Gasteiger partial charge in [0.25, 0.3) is 11.5 Å². The van der Waals surface area contributed by atoms with Gasteiger partial charge in [0, 0.05) is 25.3 Å². The fourth-order valence-corrected chi connectivity index (χ4v) is 5.00. The Bertz CT molecular complexity index is 1150. The molecule has 1 saturated heterocycles. The van der Waals surface area contributed by atoms with Crippen molar-refractivity contribution in [3.63, 3.8) is 0 Å². The molecule has 30 heavy (non-hydrogen) atoms. The van der Waals surface area contributed by atoms with Crippen LogP contribution in [0.5, 0.6) is 0 Å². The molecule has 0 bridgehead atoms. The molecule has 2 aliphatic rings. The van der Waals surface area contributed by atoms with Crippen molar-refractivity contribution in [3.05, 3.63) is 57.9 Å². The molecule has 3 heterocycles. The number of carbonyl (C=O) groups is 1. The topological polar surface area (TPSA) is 73.0 Å². The molecular weight excluding hydrogens is 378 g/mol. The smallest absolute Gasteiger partial charge is 0.274 e. The van der Waals surface area contributed by atoms with E-state index in [1.807, 2.05) is 53.8 Å². The maximum Gasteiger partial charge on any atom is 0.274 e. The lowest BCUT2D eigenvalue weighted by Crippen LogP contribution is -2.36. The van der Waals surface area contributed by atoms with Gasteiger partial charge < -0.3 is 4.90 Å². The summed E-state index contributed by atoms with van der Waals surface area (Å²) < 4.78 is 3.64. The molecule has 2 aromatic heterocycles. The van der Waals surface area contributed by atoms with Gasteiger partial charge in [-0.05, 0) is 50.8 Å². The Morgan fingerprint density at radius 1 is 1.10 bits per heavy atom. The fraction of sp³-hybridized carbons (Fsp3) is 0.478. The number of benzene rings is 1. The highest BCUT2D eigenvalue weighted by atomic mass is 16.2. The van der Waals surface area contributed by atoms with Gasteiger partial charge in [-0.25, -0.2) is 4.98 Å². The molecule has 2 fully saturated rings. The number of aromatic nitrogens is 4. The quantitative estimate of drug-likeness (QED) is 0.668. The number of carbonyl (C=O) groups excluding carboxylic acids is 1. The normalized spacial score (nSPS) is 19.8. The second kappa shape index (κ2) is 7.38. The van der Waals surface area contributed by atoms with Gasteiger partial charge in [-0.15, -0.1) is 0 Å². The number of nitrogens with zero attached hydrogens (tertiary/aromatic N) is 5. The molecule has 3 aromatic rings. The van der Waals surface area contributed by atoms with Crippen LogP contribution in [0.1, 0.15) is 72.6 Å². The Kier molecular flexibility index (Phi) is 4.68. The highest BCUT2D eigenvalue weighted by Gasteiger charge is 2.36. The molecule has 1 unspecified atom stereocenters. The number of aryl methyl sites for hydroxylation is 2. The Morgan fingerprint density at radius 3 is 2.60 bits per heavy atom. The maximum atomic E-state index is 13.5. The van der Waals surface area contributed by atoms with Crippen molar-refractivity contribution < 1.29 is 4.79 Å². The first-order valence-corrected chi connectivity index (χ1v) is 10.9. The number of amides is 1. The van der Waals surface area contributed by atoms with Gasteiger partial charge in [0.2, 0.25) is 0 Å². The predicted molar refractivity (Wildman–Crippen MR) is 114 cm³/mol. The van der Waals surface area contributed by atoms with Crippen LogP contribution in [0.15, 0.2) is 35.1 Å². The third-order valence-electron chi connectivity index (χ3n) is 6.67. The number of rotatable bonds is 3. The summed E-state index contributed by atoms with van der Waals surface area (Å²) in [5.74, 6) is 0.658. The number of fused-ring (bicyclic) bond motifs is 1. The summed E-state index contributed by atoms with van der Waals surface area (Å²) in [6.07, 6.45) is 5.96. The largest absolute Gasteiger partial charge is 0.327 e. The van der Waals surface area contributed by atoms with E-state index >= 15 is 0 Å². The summed E-state index contributed by atoms with van der Waals surface area (Å²) in [7, 11) is 1.84. The van der Waals surface area contributed by atoms with Gasteiger partial charge in [-0.1, -0.05) is 25.0 Å². The Hall–Kier alpha value is -2.96. The van der Waals surface area contributed by atoms with Crippen LogP contribution < -0.4 is 5.56 Å². The SMILES string of the molecule is Cc1cc(C(=O)N2CCCC2c2nc3ccccc3c(=O)n2C2CCCC2)nn1C. The summed E-state index contributed by atoms with van der Waals surface area (Å²) in [6.45, 7) is 2.60. The van der Waals surface area contributed by atoms with Gasteiger partial charge in [-0.2, -0.15) is 5.10 Å². The van der Waals surface area contributed by atoms with Crippen LogP contribution in [-0.2, 0) is 7.05 Å². The predicted octanol–water partition coefficient (Wildman–Crippen LogP) is 3.53. The van der Waals surface area contributed by atoms with Crippen molar-refractivity contribution in [3.8, 4) is 0 Å². The van der Waals surface area contributed by atoms with Crippen LogP contribution in [0, 0.1) is 6.92 Å².